The van der Waals surface area contributed by atoms with Crippen LogP contribution in [0.1, 0.15) is 27.3 Å². The summed E-state index contributed by atoms with van der Waals surface area (Å²) in [4.78, 5) is 11.1. The fraction of sp³-hybridized carbons (Fsp3) is 0.115. The number of benzene rings is 3. The minimum atomic E-state index is -4.50. The van der Waals surface area contributed by atoms with Gasteiger partial charge in [0.2, 0.25) is 0 Å². The first kappa shape index (κ1) is 22.9. The minimum absolute atomic E-state index is 0.000484. The van der Waals surface area contributed by atoms with Crippen molar-refractivity contribution in [2.24, 2.45) is 0 Å². The quantitative estimate of drug-likeness (QED) is 0.369. The lowest BCUT2D eigenvalue weighted by Gasteiger charge is -2.16. The molecule has 4 rings (SSSR count). The number of hydrogen-bond donors (Lipinski definition) is 1. The van der Waals surface area contributed by atoms with E-state index in [0.29, 0.717) is 5.69 Å². The molecule has 1 heterocycles. The van der Waals surface area contributed by atoms with Crippen LogP contribution in [0.4, 0.5) is 13.2 Å². The number of aromatic nitrogens is 1. The number of aromatic carboxylic acids is 1. The van der Waals surface area contributed by atoms with Crippen LogP contribution in [0.15, 0.2) is 91.0 Å². The lowest BCUT2D eigenvalue weighted by Crippen LogP contribution is -2.12. The Hall–Kier alpha value is -3.80. The van der Waals surface area contributed by atoms with Crippen LogP contribution in [-0.4, -0.2) is 15.6 Å². The van der Waals surface area contributed by atoms with Crippen LogP contribution in [0.25, 0.3) is 16.8 Å². The zero-order chi connectivity index (χ0) is 23.3. The Balaban J connectivity index is 0.000000204. The summed E-state index contributed by atoms with van der Waals surface area (Å²) in [5.41, 5.74) is 2.40. The van der Waals surface area contributed by atoms with E-state index in [-0.39, 0.29) is 16.9 Å². The van der Waals surface area contributed by atoms with E-state index in [1.54, 1.807) is 6.92 Å². The molecule has 0 aliphatic carbocycles. The fourth-order valence-electron chi connectivity index (χ4n) is 3.52. The van der Waals surface area contributed by atoms with Crippen molar-refractivity contribution in [2.45, 2.75) is 20.0 Å². The van der Waals surface area contributed by atoms with Gasteiger partial charge in [-0.15, -0.1) is 0 Å². The van der Waals surface area contributed by atoms with Crippen LogP contribution in [0.5, 0.6) is 0 Å². The van der Waals surface area contributed by atoms with Crippen LogP contribution >= 0.6 is 0 Å². The Kier molecular flexibility index (Phi) is 6.83. The van der Waals surface area contributed by atoms with E-state index in [1.165, 1.54) is 46.9 Å². The molecule has 0 amide bonds. The van der Waals surface area contributed by atoms with Crippen LogP contribution in [0.2, 0.25) is 0 Å². The smallest absolute Gasteiger partial charge is 0.418 e. The molecule has 1 N–H and O–H groups in total. The number of para-hydroxylation sites is 1. The molecule has 1 aromatic heterocycles. The van der Waals surface area contributed by atoms with E-state index in [9.17, 15) is 18.0 Å². The van der Waals surface area contributed by atoms with Gasteiger partial charge in [-0.1, -0.05) is 72.8 Å². The number of carboxylic acids is 1. The van der Waals surface area contributed by atoms with Crippen molar-refractivity contribution in [3.05, 3.63) is 114 Å². The molecule has 0 spiro atoms. The predicted molar refractivity (Wildman–Crippen MR) is 119 cm³/mol. The van der Waals surface area contributed by atoms with Crippen molar-refractivity contribution < 1.29 is 23.1 Å². The molecule has 164 valence electrons. The summed E-state index contributed by atoms with van der Waals surface area (Å²) in [5, 5.41) is 9.04. The average Bonchev–Trinajstić information content (AvgIpc) is 3.09. The highest BCUT2D eigenvalue weighted by atomic mass is 19.4. The van der Waals surface area contributed by atoms with Crippen LogP contribution in [-0.2, 0) is 6.18 Å². The second-order valence-electron chi connectivity index (χ2n) is 7.17. The van der Waals surface area contributed by atoms with Gasteiger partial charge in [-0.2, -0.15) is 13.2 Å². The maximum absolute atomic E-state index is 13.0. The van der Waals surface area contributed by atoms with Gasteiger partial charge in [0.05, 0.1) is 16.8 Å². The lowest BCUT2D eigenvalue weighted by atomic mass is 10.1. The van der Waals surface area contributed by atoms with Crippen LogP contribution in [0, 0.1) is 13.8 Å². The molecule has 0 bridgehead atoms. The molecule has 0 atom stereocenters. The van der Waals surface area contributed by atoms with Crippen molar-refractivity contribution in [1.82, 2.24) is 4.57 Å². The Morgan fingerprint density at radius 1 is 0.781 bits per heavy atom. The number of carbonyl (C=O) groups is 1. The van der Waals surface area contributed by atoms with Crippen molar-refractivity contribution in [3.63, 3.8) is 0 Å². The van der Waals surface area contributed by atoms with Gasteiger partial charge in [0, 0.05) is 11.4 Å². The zero-order valence-corrected chi connectivity index (χ0v) is 17.6. The van der Waals surface area contributed by atoms with Gasteiger partial charge in [-0.3, -0.25) is 0 Å². The van der Waals surface area contributed by atoms with Gasteiger partial charge >= 0.3 is 12.1 Å². The zero-order valence-electron chi connectivity index (χ0n) is 17.6. The van der Waals surface area contributed by atoms with Gasteiger partial charge in [0.25, 0.3) is 0 Å². The molecule has 0 fully saturated rings. The number of hydrogen-bond acceptors (Lipinski definition) is 1. The highest BCUT2D eigenvalue weighted by Crippen LogP contribution is 2.35. The van der Waals surface area contributed by atoms with Crippen LogP contribution < -0.4 is 0 Å². The van der Waals surface area contributed by atoms with E-state index in [1.807, 2.05) is 12.1 Å². The Bertz CT molecular complexity index is 1160. The molecule has 6 heteroatoms. The largest absolute Gasteiger partial charge is 0.478 e. The monoisotopic (exact) mass is 437 g/mol. The van der Waals surface area contributed by atoms with Crippen molar-refractivity contribution in [1.29, 1.82) is 0 Å². The highest BCUT2D eigenvalue weighted by Gasteiger charge is 2.34. The number of alkyl halides is 3. The number of nitrogens with zero attached hydrogens (tertiary/aromatic N) is 1. The van der Waals surface area contributed by atoms with E-state index in [2.05, 4.69) is 48.5 Å². The molecule has 4 aromatic rings. The van der Waals surface area contributed by atoms with Gasteiger partial charge in [-0.25, -0.2) is 4.79 Å². The molecule has 3 aromatic carbocycles. The first-order chi connectivity index (χ1) is 15.2. The Morgan fingerprint density at radius 3 is 1.69 bits per heavy atom. The number of rotatable bonds is 3. The molecular formula is C26H22F3NO2. The van der Waals surface area contributed by atoms with Crippen LogP contribution in [0.3, 0.4) is 0 Å². The molecule has 32 heavy (non-hydrogen) atoms. The highest BCUT2D eigenvalue weighted by molar-refractivity contribution is 5.89. The summed E-state index contributed by atoms with van der Waals surface area (Å²) < 4.78 is 40.4. The fourth-order valence-corrected chi connectivity index (χ4v) is 3.52. The average molecular weight is 437 g/mol. The van der Waals surface area contributed by atoms with Gasteiger partial charge in [0.15, 0.2) is 0 Å². The number of aryl methyl sites for hydroxylation is 1. The Morgan fingerprint density at radius 2 is 1.25 bits per heavy atom. The molecule has 3 nitrogen and oxygen atoms in total. The van der Waals surface area contributed by atoms with Crippen molar-refractivity contribution in [3.8, 4) is 16.8 Å². The maximum Gasteiger partial charge on any atom is 0.418 e. The first-order valence-electron chi connectivity index (χ1n) is 9.89. The second-order valence-corrected chi connectivity index (χ2v) is 7.17. The summed E-state index contributed by atoms with van der Waals surface area (Å²) in [7, 11) is 0. The molecule has 0 aliphatic heterocycles. The predicted octanol–water partition coefficient (Wildman–Crippen LogP) is 7.16. The summed E-state index contributed by atoms with van der Waals surface area (Å²) in [6, 6.07) is 27.2. The molecule has 0 radical (unpaired) electrons. The minimum Gasteiger partial charge on any atom is -0.478 e. The first-order valence-corrected chi connectivity index (χ1v) is 9.89. The summed E-state index contributed by atoms with van der Waals surface area (Å²) >= 11 is 0. The third-order valence-corrected chi connectivity index (χ3v) is 4.99. The standard InChI is InChI=1S/C14H12F3NO2.C12H10/c1-8-7-10(13(19)20)9(2)18(8)12-6-4-3-5-11(12)14(15,16)17;1-3-7-11(8-4-1)12-9-5-2-6-10-12/h3-7H,1-2H3,(H,19,20);1-10H. The summed E-state index contributed by atoms with van der Waals surface area (Å²) in [5.74, 6) is -1.16. The molecule has 0 saturated carbocycles. The van der Waals surface area contributed by atoms with E-state index in [0.717, 1.165) is 6.07 Å². The van der Waals surface area contributed by atoms with Gasteiger partial charge in [0.1, 0.15) is 0 Å². The number of halogens is 3. The second kappa shape index (κ2) is 9.56. The van der Waals surface area contributed by atoms with E-state index in [4.69, 9.17) is 5.11 Å². The maximum atomic E-state index is 13.0. The lowest BCUT2D eigenvalue weighted by molar-refractivity contribution is -0.137. The third kappa shape index (κ3) is 5.09. The van der Waals surface area contributed by atoms with Gasteiger partial charge < -0.3 is 9.67 Å². The normalized spacial score (nSPS) is 10.9. The SMILES string of the molecule is Cc1cc(C(=O)O)c(C)n1-c1ccccc1C(F)(F)F.c1ccc(-c2ccccc2)cc1. The molecule has 0 unspecified atom stereocenters. The molecular weight excluding hydrogens is 415 g/mol. The Labute approximate surface area is 184 Å². The van der Waals surface area contributed by atoms with E-state index < -0.39 is 17.7 Å². The topological polar surface area (TPSA) is 42.2 Å². The van der Waals surface area contributed by atoms with Crippen molar-refractivity contribution >= 4 is 5.97 Å². The third-order valence-electron chi connectivity index (χ3n) is 4.99. The number of carboxylic acid groups (broad SMARTS) is 1. The molecule has 0 aliphatic rings. The summed E-state index contributed by atoms with van der Waals surface area (Å²) in [6.45, 7) is 3.07. The summed E-state index contributed by atoms with van der Waals surface area (Å²) in [6.07, 6.45) is -4.50. The molecule has 0 saturated heterocycles. The van der Waals surface area contributed by atoms with Gasteiger partial charge in [-0.05, 0) is 43.2 Å². The van der Waals surface area contributed by atoms with E-state index >= 15 is 0 Å². The van der Waals surface area contributed by atoms with Crippen molar-refractivity contribution in [2.75, 3.05) is 0 Å².